The van der Waals surface area contributed by atoms with E-state index in [2.05, 4.69) is 57.9 Å². The molecule has 0 bridgehead atoms. The summed E-state index contributed by atoms with van der Waals surface area (Å²) in [6.07, 6.45) is 3.81. The van der Waals surface area contributed by atoms with E-state index < -0.39 is 0 Å². The summed E-state index contributed by atoms with van der Waals surface area (Å²) < 4.78 is 2.18. The van der Waals surface area contributed by atoms with Crippen LogP contribution in [0.4, 0.5) is 11.4 Å². The summed E-state index contributed by atoms with van der Waals surface area (Å²) in [5, 5.41) is 3.45. The summed E-state index contributed by atoms with van der Waals surface area (Å²) in [6.45, 7) is 5.12. The molecule has 0 fully saturated rings. The van der Waals surface area contributed by atoms with Crippen LogP contribution in [0.25, 0.3) is 0 Å². The third kappa shape index (κ3) is 3.28. The SMILES string of the molecule is CC(C)n1cncc1CNc1cccc(N(C)C)c1. The Balaban J connectivity index is 2.06. The molecule has 0 aliphatic carbocycles. The second-order valence-electron chi connectivity index (χ2n) is 5.18. The highest BCUT2D eigenvalue weighted by Crippen LogP contribution is 2.18. The minimum Gasteiger partial charge on any atom is -0.379 e. The largest absolute Gasteiger partial charge is 0.379 e. The molecule has 1 N–H and O–H groups in total. The number of nitrogens with zero attached hydrogens (tertiary/aromatic N) is 3. The summed E-state index contributed by atoms with van der Waals surface area (Å²) >= 11 is 0. The van der Waals surface area contributed by atoms with Gasteiger partial charge in [-0.1, -0.05) is 6.07 Å². The molecular weight excluding hydrogens is 236 g/mol. The van der Waals surface area contributed by atoms with Gasteiger partial charge < -0.3 is 14.8 Å². The topological polar surface area (TPSA) is 33.1 Å². The average Bonchev–Trinajstić information content (AvgIpc) is 2.85. The number of nitrogens with one attached hydrogen (secondary N) is 1. The first-order chi connectivity index (χ1) is 9.08. The molecule has 0 aliphatic rings. The molecule has 2 aromatic rings. The van der Waals surface area contributed by atoms with Gasteiger partial charge in [0.15, 0.2) is 0 Å². The Kier molecular flexibility index (Phi) is 4.10. The van der Waals surface area contributed by atoms with Crippen molar-refractivity contribution in [1.29, 1.82) is 0 Å². The number of hydrogen-bond donors (Lipinski definition) is 1. The molecule has 4 heteroatoms. The molecule has 0 radical (unpaired) electrons. The van der Waals surface area contributed by atoms with Crippen LogP contribution in [0.3, 0.4) is 0 Å². The van der Waals surface area contributed by atoms with Gasteiger partial charge in [0.25, 0.3) is 0 Å². The molecule has 1 heterocycles. The molecule has 4 nitrogen and oxygen atoms in total. The molecule has 0 aliphatic heterocycles. The lowest BCUT2D eigenvalue weighted by molar-refractivity contribution is 0.577. The van der Waals surface area contributed by atoms with E-state index in [1.54, 1.807) is 0 Å². The summed E-state index contributed by atoms with van der Waals surface area (Å²) in [5.74, 6) is 0. The van der Waals surface area contributed by atoms with E-state index >= 15 is 0 Å². The lowest BCUT2D eigenvalue weighted by Gasteiger charge is -2.15. The van der Waals surface area contributed by atoms with E-state index in [9.17, 15) is 0 Å². The molecule has 0 atom stereocenters. The zero-order valence-corrected chi connectivity index (χ0v) is 12.1. The third-order valence-corrected chi connectivity index (χ3v) is 3.14. The first kappa shape index (κ1) is 13.5. The molecule has 0 saturated carbocycles. The Hall–Kier alpha value is -1.97. The highest BCUT2D eigenvalue weighted by Gasteiger charge is 2.05. The van der Waals surface area contributed by atoms with E-state index in [1.165, 1.54) is 11.4 Å². The maximum absolute atomic E-state index is 4.22. The number of anilines is 2. The Morgan fingerprint density at radius 3 is 2.79 bits per heavy atom. The van der Waals surface area contributed by atoms with Crippen LogP contribution in [0, 0.1) is 0 Å². The van der Waals surface area contributed by atoms with Gasteiger partial charge in [0.1, 0.15) is 0 Å². The molecule has 0 amide bonds. The van der Waals surface area contributed by atoms with Gasteiger partial charge >= 0.3 is 0 Å². The Morgan fingerprint density at radius 1 is 1.32 bits per heavy atom. The fraction of sp³-hybridized carbons (Fsp3) is 0.400. The van der Waals surface area contributed by atoms with Crippen molar-refractivity contribution in [1.82, 2.24) is 9.55 Å². The summed E-state index contributed by atoms with van der Waals surface area (Å²) in [7, 11) is 4.10. The zero-order valence-electron chi connectivity index (χ0n) is 12.1. The van der Waals surface area contributed by atoms with E-state index in [0.717, 1.165) is 12.2 Å². The number of benzene rings is 1. The van der Waals surface area contributed by atoms with Gasteiger partial charge in [-0.25, -0.2) is 4.98 Å². The Bertz CT molecular complexity index is 528. The molecule has 102 valence electrons. The summed E-state index contributed by atoms with van der Waals surface area (Å²) in [4.78, 5) is 6.32. The van der Waals surface area contributed by atoms with Gasteiger partial charge in [-0.05, 0) is 32.0 Å². The molecule has 1 aromatic heterocycles. The highest BCUT2D eigenvalue weighted by atomic mass is 15.1. The van der Waals surface area contributed by atoms with Crippen molar-refractivity contribution in [2.45, 2.75) is 26.4 Å². The normalized spacial score (nSPS) is 10.8. The number of rotatable bonds is 5. The predicted molar refractivity (Wildman–Crippen MR) is 80.7 cm³/mol. The third-order valence-electron chi connectivity index (χ3n) is 3.14. The van der Waals surface area contributed by atoms with Crippen LogP contribution < -0.4 is 10.2 Å². The van der Waals surface area contributed by atoms with Crippen molar-refractivity contribution < 1.29 is 0 Å². The minimum absolute atomic E-state index is 0.437. The maximum atomic E-state index is 4.22. The van der Waals surface area contributed by atoms with Gasteiger partial charge in [-0.3, -0.25) is 0 Å². The first-order valence-corrected chi connectivity index (χ1v) is 6.60. The van der Waals surface area contributed by atoms with Crippen molar-refractivity contribution in [2.24, 2.45) is 0 Å². The average molecular weight is 258 g/mol. The molecule has 1 aromatic carbocycles. The molecule has 0 spiro atoms. The van der Waals surface area contributed by atoms with E-state index in [-0.39, 0.29) is 0 Å². The smallest absolute Gasteiger partial charge is 0.0951 e. The van der Waals surface area contributed by atoms with E-state index in [0.29, 0.717) is 6.04 Å². The highest BCUT2D eigenvalue weighted by molar-refractivity contribution is 5.57. The van der Waals surface area contributed by atoms with Gasteiger partial charge in [-0.2, -0.15) is 0 Å². The number of imidazole rings is 1. The van der Waals surface area contributed by atoms with Gasteiger partial charge in [0, 0.05) is 37.7 Å². The fourth-order valence-corrected chi connectivity index (χ4v) is 2.02. The number of hydrogen-bond acceptors (Lipinski definition) is 3. The summed E-state index contributed by atoms with van der Waals surface area (Å²) in [5.41, 5.74) is 3.52. The Morgan fingerprint density at radius 2 is 2.11 bits per heavy atom. The zero-order chi connectivity index (χ0) is 13.8. The van der Waals surface area contributed by atoms with Crippen LogP contribution in [0.5, 0.6) is 0 Å². The van der Waals surface area contributed by atoms with Crippen molar-refractivity contribution in [2.75, 3.05) is 24.3 Å². The second kappa shape index (κ2) is 5.78. The van der Waals surface area contributed by atoms with Crippen LogP contribution in [-0.2, 0) is 6.54 Å². The lowest BCUT2D eigenvalue weighted by Crippen LogP contribution is -2.10. The Labute approximate surface area is 115 Å². The molecule has 0 unspecified atom stereocenters. The molecule has 0 saturated heterocycles. The standard InChI is InChI=1S/C15H22N4/c1-12(2)19-11-16-9-15(19)10-17-13-6-5-7-14(8-13)18(3)4/h5-9,11-12,17H,10H2,1-4H3. The van der Waals surface area contributed by atoms with Crippen molar-refractivity contribution in [3.8, 4) is 0 Å². The summed E-state index contributed by atoms with van der Waals surface area (Å²) in [6, 6.07) is 8.84. The van der Waals surface area contributed by atoms with Crippen LogP contribution in [0.15, 0.2) is 36.8 Å². The molecular formula is C15H22N4. The van der Waals surface area contributed by atoms with E-state index in [4.69, 9.17) is 0 Å². The second-order valence-corrected chi connectivity index (χ2v) is 5.18. The van der Waals surface area contributed by atoms with Gasteiger partial charge in [0.2, 0.25) is 0 Å². The minimum atomic E-state index is 0.437. The van der Waals surface area contributed by atoms with Crippen molar-refractivity contribution in [3.63, 3.8) is 0 Å². The van der Waals surface area contributed by atoms with Gasteiger partial charge in [0.05, 0.1) is 18.6 Å². The maximum Gasteiger partial charge on any atom is 0.0951 e. The monoisotopic (exact) mass is 258 g/mol. The number of aromatic nitrogens is 2. The van der Waals surface area contributed by atoms with Gasteiger partial charge in [-0.15, -0.1) is 0 Å². The first-order valence-electron chi connectivity index (χ1n) is 6.60. The quantitative estimate of drug-likeness (QED) is 0.894. The fourth-order valence-electron chi connectivity index (χ4n) is 2.02. The molecule has 19 heavy (non-hydrogen) atoms. The van der Waals surface area contributed by atoms with E-state index in [1.807, 2.05) is 26.6 Å². The van der Waals surface area contributed by atoms with Crippen LogP contribution in [0.2, 0.25) is 0 Å². The van der Waals surface area contributed by atoms with Crippen molar-refractivity contribution >= 4 is 11.4 Å². The van der Waals surface area contributed by atoms with Crippen LogP contribution in [-0.4, -0.2) is 23.6 Å². The van der Waals surface area contributed by atoms with Crippen LogP contribution in [0.1, 0.15) is 25.6 Å². The molecule has 2 rings (SSSR count). The van der Waals surface area contributed by atoms with Crippen LogP contribution >= 0.6 is 0 Å². The predicted octanol–water partition coefficient (Wildman–Crippen LogP) is 3.14. The lowest BCUT2D eigenvalue weighted by atomic mass is 10.2. The van der Waals surface area contributed by atoms with Crippen molar-refractivity contribution in [3.05, 3.63) is 42.5 Å².